The molecule has 1 aromatic rings. The summed E-state index contributed by atoms with van der Waals surface area (Å²) in [5, 5.41) is 11.9. The number of aliphatic hydroxyl groups excluding tert-OH is 1. The molecule has 1 saturated heterocycles. The summed E-state index contributed by atoms with van der Waals surface area (Å²) in [4.78, 5) is 12.6. The Morgan fingerprint density at radius 1 is 1.35 bits per heavy atom. The number of nitrogens with zero attached hydrogens (tertiary/aromatic N) is 1. The van der Waals surface area contributed by atoms with Crippen molar-refractivity contribution >= 4 is 15.9 Å². The summed E-state index contributed by atoms with van der Waals surface area (Å²) in [6.45, 7) is -0.604. The van der Waals surface area contributed by atoms with Crippen LogP contribution in [0.5, 0.6) is 5.75 Å². The Hall–Kier alpha value is -2.15. The van der Waals surface area contributed by atoms with Crippen LogP contribution in [0.4, 0.5) is 13.2 Å². The van der Waals surface area contributed by atoms with Crippen molar-refractivity contribution in [3.05, 3.63) is 41.7 Å². The van der Waals surface area contributed by atoms with E-state index in [9.17, 15) is 31.5 Å². The number of aliphatic hydroxyl groups is 1. The second-order valence-electron chi connectivity index (χ2n) is 7.48. The summed E-state index contributed by atoms with van der Waals surface area (Å²) in [5.74, 6) is -1.62. The summed E-state index contributed by atoms with van der Waals surface area (Å²) in [6, 6.07) is 3.74. The zero-order chi connectivity index (χ0) is 22.6. The molecule has 1 aliphatic carbocycles. The second kappa shape index (κ2) is 9.55. The van der Waals surface area contributed by atoms with Gasteiger partial charge in [0.05, 0.1) is 17.8 Å². The van der Waals surface area contributed by atoms with Crippen molar-refractivity contribution in [2.24, 2.45) is 0 Å². The number of sulfonamides is 1. The van der Waals surface area contributed by atoms with E-state index in [1.54, 1.807) is 12.2 Å². The monoisotopic (exact) mass is 463 g/mol. The van der Waals surface area contributed by atoms with Crippen LogP contribution in [0.1, 0.15) is 24.8 Å². The van der Waals surface area contributed by atoms with E-state index < -0.39 is 40.8 Å². The highest BCUT2D eigenvalue weighted by molar-refractivity contribution is 7.89. The van der Waals surface area contributed by atoms with Crippen LogP contribution < -0.4 is 14.8 Å². The fourth-order valence-electron chi connectivity index (χ4n) is 3.25. The van der Waals surface area contributed by atoms with E-state index in [4.69, 9.17) is 4.74 Å². The van der Waals surface area contributed by atoms with Crippen LogP contribution in [0.3, 0.4) is 0 Å². The van der Waals surface area contributed by atoms with Crippen molar-refractivity contribution in [3.63, 3.8) is 0 Å². The molecule has 172 valence electrons. The van der Waals surface area contributed by atoms with Crippen molar-refractivity contribution in [1.29, 1.82) is 0 Å². The maximum atomic E-state index is 13.8. The molecule has 8 nitrogen and oxygen atoms in total. The molecular formula is C19H24F3N3O5S. The number of carbonyl (C=O) groups is 1. The zero-order valence-electron chi connectivity index (χ0n) is 16.6. The van der Waals surface area contributed by atoms with Gasteiger partial charge in [0.15, 0.2) is 17.9 Å². The molecular weight excluding hydrogens is 439 g/mol. The van der Waals surface area contributed by atoms with Gasteiger partial charge in [-0.25, -0.2) is 31.2 Å². The van der Waals surface area contributed by atoms with Crippen LogP contribution in [0.2, 0.25) is 0 Å². The first-order valence-electron chi connectivity index (χ1n) is 9.69. The molecule has 1 amide bonds. The van der Waals surface area contributed by atoms with Crippen molar-refractivity contribution in [2.75, 3.05) is 25.4 Å². The summed E-state index contributed by atoms with van der Waals surface area (Å²) in [6.07, 6.45) is 0.702. The number of allylic oxidation sites excluding steroid dienone is 1. The Labute approximate surface area is 178 Å². The molecule has 1 atom stereocenters. The van der Waals surface area contributed by atoms with Crippen LogP contribution >= 0.6 is 0 Å². The third kappa shape index (κ3) is 6.42. The predicted molar refractivity (Wildman–Crippen MR) is 105 cm³/mol. The molecule has 3 rings (SSSR count). The Balaban J connectivity index is 1.54. The molecule has 1 aromatic carbocycles. The first kappa shape index (κ1) is 23.5. The van der Waals surface area contributed by atoms with Gasteiger partial charge in [0.1, 0.15) is 6.61 Å². The molecule has 0 bridgehead atoms. The predicted octanol–water partition coefficient (Wildman–Crippen LogP) is 1.03. The molecule has 1 aliphatic heterocycles. The number of hydrogen-bond donors (Lipinski definition) is 3. The van der Waals surface area contributed by atoms with Gasteiger partial charge >= 0.3 is 0 Å². The Bertz CT molecular complexity index is 938. The summed E-state index contributed by atoms with van der Waals surface area (Å²) in [5.41, 5.74) is -0.442. The molecule has 12 heteroatoms. The van der Waals surface area contributed by atoms with Crippen LogP contribution in [0.25, 0.3) is 0 Å². The lowest BCUT2D eigenvalue weighted by Crippen LogP contribution is -2.36. The van der Waals surface area contributed by atoms with Crippen LogP contribution in [-0.2, 0) is 20.4 Å². The van der Waals surface area contributed by atoms with Gasteiger partial charge in [-0.2, -0.15) is 0 Å². The van der Waals surface area contributed by atoms with Gasteiger partial charge < -0.3 is 15.2 Å². The fraction of sp³-hybridized carbons (Fsp3) is 0.526. The number of halogens is 3. The highest BCUT2D eigenvalue weighted by Crippen LogP contribution is 2.47. The lowest BCUT2D eigenvalue weighted by molar-refractivity contribution is -0.119. The summed E-state index contributed by atoms with van der Waals surface area (Å²) >= 11 is 0. The van der Waals surface area contributed by atoms with E-state index in [1.807, 2.05) is 0 Å². The first-order chi connectivity index (χ1) is 14.6. The number of benzene rings is 1. The highest BCUT2D eigenvalue weighted by atomic mass is 32.2. The minimum Gasteiger partial charge on any atom is -0.485 e. The Morgan fingerprint density at radius 2 is 2.10 bits per heavy atom. The van der Waals surface area contributed by atoms with Crippen LogP contribution in [0, 0.1) is 5.82 Å². The highest BCUT2D eigenvalue weighted by Gasteiger charge is 2.47. The molecule has 2 fully saturated rings. The first-order valence-corrected chi connectivity index (χ1v) is 11.3. The Kier molecular flexibility index (Phi) is 7.24. The van der Waals surface area contributed by atoms with Crippen LogP contribution in [-0.4, -0.2) is 62.6 Å². The van der Waals surface area contributed by atoms with E-state index in [2.05, 4.69) is 10.0 Å². The van der Waals surface area contributed by atoms with Gasteiger partial charge in [0, 0.05) is 6.54 Å². The SMILES string of the molecule is O=C1CN(C/C=C/CCS(=O)(=O)NC2(c3ccc(F)c(OCC(F)F)c3)CC2)C(O)N1. The third-order valence-electron chi connectivity index (χ3n) is 4.99. The molecule has 0 radical (unpaired) electrons. The fourth-order valence-corrected chi connectivity index (χ4v) is 4.72. The molecule has 2 aliphatic rings. The largest absolute Gasteiger partial charge is 0.485 e. The molecule has 3 N–H and O–H groups in total. The van der Waals surface area contributed by atoms with E-state index in [0.717, 1.165) is 6.07 Å². The number of alkyl halides is 2. The average molecular weight is 463 g/mol. The second-order valence-corrected chi connectivity index (χ2v) is 9.32. The van der Waals surface area contributed by atoms with Gasteiger partial charge in [0.2, 0.25) is 15.9 Å². The minimum absolute atomic E-state index is 0.0641. The van der Waals surface area contributed by atoms with Crippen LogP contribution in [0.15, 0.2) is 30.4 Å². The average Bonchev–Trinajstić information content (AvgIpc) is 3.37. The van der Waals surface area contributed by atoms with E-state index >= 15 is 0 Å². The summed E-state index contributed by atoms with van der Waals surface area (Å²) < 4.78 is 70.9. The number of rotatable bonds is 11. The van der Waals surface area contributed by atoms with Crippen molar-refractivity contribution in [2.45, 2.75) is 37.6 Å². The molecule has 1 unspecified atom stereocenters. The Morgan fingerprint density at radius 3 is 2.71 bits per heavy atom. The molecule has 0 spiro atoms. The number of carbonyl (C=O) groups excluding carboxylic acids is 1. The smallest absolute Gasteiger partial charge is 0.272 e. The molecule has 1 saturated carbocycles. The van der Waals surface area contributed by atoms with E-state index in [1.165, 1.54) is 17.0 Å². The molecule has 31 heavy (non-hydrogen) atoms. The van der Waals surface area contributed by atoms with Crippen molar-refractivity contribution in [1.82, 2.24) is 14.9 Å². The van der Waals surface area contributed by atoms with Gasteiger partial charge in [-0.1, -0.05) is 18.2 Å². The molecule has 0 aromatic heterocycles. The number of hydrogen-bond acceptors (Lipinski definition) is 6. The lowest BCUT2D eigenvalue weighted by atomic mass is 10.1. The van der Waals surface area contributed by atoms with Gasteiger partial charge in [-0.3, -0.25) is 4.79 Å². The maximum absolute atomic E-state index is 13.8. The summed E-state index contributed by atoms with van der Waals surface area (Å²) in [7, 11) is -3.68. The van der Waals surface area contributed by atoms with E-state index in [0.29, 0.717) is 18.4 Å². The van der Waals surface area contributed by atoms with Gasteiger partial charge in [-0.15, -0.1) is 0 Å². The lowest BCUT2D eigenvalue weighted by Gasteiger charge is -2.19. The third-order valence-corrected chi connectivity index (χ3v) is 6.47. The van der Waals surface area contributed by atoms with Gasteiger partial charge in [0.25, 0.3) is 6.43 Å². The topological polar surface area (TPSA) is 108 Å². The minimum atomic E-state index is -3.68. The maximum Gasteiger partial charge on any atom is 0.272 e. The standard InChI is InChI=1S/C19H24F3N3O5S/c20-14-5-4-13(10-15(14)30-12-16(21)22)19(6-7-19)24-31(28,29)9-3-1-2-8-25-11-17(26)23-18(25)27/h1-2,4-5,10,16,18,24,27H,3,6-9,11-12H2,(H,23,26)/b2-1+. The van der Waals surface area contributed by atoms with Crippen molar-refractivity contribution in [3.8, 4) is 5.75 Å². The quantitative estimate of drug-likeness (QED) is 0.423. The molecule has 1 heterocycles. The zero-order valence-corrected chi connectivity index (χ0v) is 17.4. The number of nitrogens with one attached hydrogen (secondary N) is 2. The number of amides is 1. The van der Waals surface area contributed by atoms with Crippen molar-refractivity contribution < 1.29 is 36.2 Å². The van der Waals surface area contributed by atoms with Gasteiger partial charge in [-0.05, 0) is 37.0 Å². The van der Waals surface area contributed by atoms with E-state index in [-0.39, 0.29) is 36.9 Å². The normalized spacial score (nSPS) is 21.1. The number of ether oxygens (including phenoxy) is 1.